The maximum absolute atomic E-state index is 12.3. The van der Waals surface area contributed by atoms with Crippen molar-refractivity contribution in [3.05, 3.63) is 36.1 Å². The number of carbonyl (C=O) groups excluding carboxylic acids is 1. The first-order valence-electron chi connectivity index (χ1n) is 8.60. The molecule has 2 heterocycles. The number of benzene rings is 1. The number of hydrogen-bond acceptors (Lipinski definition) is 4. The summed E-state index contributed by atoms with van der Waals surface area (Å²) in [5.41, 5.74) is 0.455. The summed E-state index contributed by atoms with van der Waals surface area (Å²) in [6.07, 6.45) is 1.82. The Morgan fingerprint density at radius 2 is 2.17 bits per heavy atom. The monoisotopic (exact) mass is 330 g/mol. The molecule has 1 aliphatic rings. The van der Waals surface area contributed by atoms with Crippen LogP contribution in [0, 0.1) is 0 Å². The lowest BCUT2D eigenvalue weighted by molar-refractivity contribution is 0.0226. The zero-order valence-electron chi connectivity index (χ0n) is 14.7. The summed E-state index contributed by atoms with van der Waals surface area (Å²) in [5, 5.41) is 4.53. The topological polar surface area (TPSA) is 54.7 Å². The SMILES string of the molecule is CC(C)(C)OC(=O)N1CCC[C@@H]1CNCc1cc2ccccc2o1. The van der Waals surface area contributed by atoms with Crippen LogP contribution in [-0.2, 0) is 11.3 Å². The van der Waals surface area contributed by atoms with Crippen LogP contribution in [0.15, 0.2) is 34.7 Å². The minimum atomic E-state index is -0.452. The standard InChI is InChI=1S/C19H26N2O3/c1-19(2,3)24-18(22)21-10-6-8-15(21)12-20-13-16-11-14-7-4-5-9-17(14)23-16/h4-5,7,9,11,15,20H,6,8,10,12-13H2,1-3H3/t15-/m1/s1. The Balaban J connectivity index is 1.52. The highest BCUT2D eigenvalue weighted by atomic mass is 16.6. The van der Waals surface area contributed by atoms with Gasteiger partial charge in [-0.15, -0.1) is 0 Å². The van der Waals surface area contributed by atoms with Crippen molar-refractivity contribution in [2.24, 2.45) is 0 Å². The number of rotatable bonds is 4. The van der Waals surface area contributed by atoms with Gasteiger partial charge in [0.1, 0.15) is 16.9 Å². The van der Waals surface area contributed by atoms with Crippen LogP contribution in [0.4, 0.5) is 4.79 Å². The molecule has 1 amide bonds. The van der Waals surface area contributed by atoms with Crippen LogP contribution in [0.1, 0.15) is 39.4 Å². The Hall–Kier alpha value is -2.01. The number of carbonyl (C=O) groups is 1. The maximum Gasteiger partial charge on any atom is 0.410 e. The molecule has 2 aromatic rings. The fourth-order valence-corrected chi connectivity index (χ4v) is 3.09. The molecule has 1 aromatic heterocycles. The number of amides is 1. The van der Waals surface area contributed by atoms with E-state index in [1.54, 1.807) is 0 Å². The van der Waals surface area contributed by atoms with Crippen LogP contribution in [0.25, 0.3) is 11.0 Å². The van der Waals surface area contributed by atoms with Gasteiger partial charge in [0.15, 0.2) is 0 Å². The lowest BCUT2D eigenvalue weighted by Gasteiger charge is -2.28. The molecule has 1 aromatic carbocycles. The van der Waals surface area contributed by atoms with Gasteiger partial charge in [-0.3, -0.25) is 0 Å². The lowest BCUT2D eigenvalue weighted by Crippen LogP contribution is -2.43. The van der Waals surface area contributed by atoms with E-state index < -0.39 is 5.60 Å². The van der Waals surface area contributed by atoms with E-state index in [-0.39, 0.29) is 12.1 Å². The van der Waals surface area contributed by atoms with Crippen molar-refractivity contribution < 1.29 is 13.9 Å². The molecule has 0 unspecified atom stereocenters. The normalized spacial score (nSPS) is 18.3. The smallest absolute Gasteiger partial charge is 0.410 e. The van der Waals surface area contributed by atoms with Crippen molar-refractivity contribution in [1.82, 2.24) is 10.2 Å². The van der Waals surface area contributed by atoms with Gasteiger partial charge in [-0.2, -0.15) is 0 Å². The molecule has 130 valence electrons. The molecule has 0 spiro atoms. The lowest BCUT2D eigenvalue weighted by atomic mass is 10.2. The third kappa shape index (κ3) is 4.09. The number of furan rings is 1. The van der Waals surface area contributed by atoms with Crippen molar-refractivity contribution in [1.29, 1.82) is 0 Å². The van der Waals surface area contributed by atoms with E-state index in [1.807, 2.05) is 49.9 Å². The number of ether oxygens (including phenoxy) is 1. The average molecular weight is 330 g/mol. The molecule has 1 atom stereocenters. The first-order chi connectivity index (χ1) is 11.4. The maximum atomic E-state index is 12.3. The van der Waals surface area contributed by atoms with Crippen molar-refractivity contribution >= 4 is 17.1 Å². The van der Waals surface area contributed by atoms with Crippen LogP contribution >= 0.6 is 0 Å². The van der Waals surface area contributed by atoms with Crippen molar-refractivity contribution in [2.75, 3.05) is 13.1 Å². The van der Waals surface area contributed by atoms with E-state index in [0.717, 1.165) is 42.7 Å². The minimum Gasteiger partial charge on any atom is -0.460 e. The van der Waals surface area contributed by atoms with Gasteiger partial charge >= 0.3 is 6.09 Å². The molecule has 5 nitrogen and oxygen atoms in total. The van der Waals surface area contributed by atoms with Gasteiger partial charge in [-0.25, -0.2) is 4.79 Å². The van der Waals surface area contributed by atoms with Crippen LogP contribution in [-0.4, -0.2) is 35.7 Å². The van der Waals surface area contributed by atoms with Gasteiger partial charge in [-0.05, 0) is 45.7 Å². The second-order valence-electron chi connectivity index (χ2n) is 7.35. The quantitative estimate of drug-likeness (QED) is 0.923. The summed E-state index contributed by atoms with van der Waals surface area (Å²) in [5.74, 6) is 0.915. The van der Waals surface area contributed by atoms with E-state index in [9.17, 15) is 4.79 Å². The molecule has 1 fully saturated rings. The molecule has 0 saturated carbocycles. The molecule has 1 N–H and O–H groups in total. The van der Waals surface area contributed by atoms with Crippen molar-refractivity contribution in [2.45, 2.75) is 51.8 Å². The molecule has 0 radical (unpaired) electrons. The molecule has 24 heavy (non-hydrogen) atoms. The zero-order valence-corrected chi connectivity index (χ0v) is 14.7. The molecular weight excluding hydrogens is 304 g/mol. The first kappa shape index (κ1) is 16.8. The van der Waals surface area contributed by atoms with Crippen LogP contribution in [0.3, 0.4) is 0 Å². The molecule has 1 aliphatic heterocycles. The summed E-state index contributed by atoms with van der Waals surface area (Å²) < 4.78 is 11.3. The van der Waals surface area contributed by atoms with Gasteiger partial charge < -0.3 is 19.4 Å². The van der Waals surface area contributed by atoms with Crippen molar-refractivity contribution in [3.8, 4) is 0 Å². The highest BCUT2D eigenvalue weighted by Gasteiger charge is 2.31. The van der Waals surface area contributed by atoms with Crippen LogP contribution < -0.4 is 5.32 Å². The summed E-state index contributed by atoms with van der Waals surface area (Å²) in [6.45, 7) is 7.87. The second kappa shape index (κ2) is 6.85. The van der Waals surface area contributed by atoms with Gasteiger partial charge in [0.05, 0.1) is 6.54 Å². The zero-order chi connectivity index (χ0) is 17.2. The van der Waals surface area contributed by atoms with E-state index in [0.29, 0.717) is 6.54 Å². The molecule has 0 bridgehead atoms. The summed E-state index contributed by atoms with van der Waals surface area (Å²) in [6, 6.07) is 10.2. The molecular formula is C19H26N2O3. The third-order valence-electron chi connectivity index (χ3n) is 4.16. The number of likely N-dealkylation sites (tertiary alicyclic amines) is 1. The molecule has 0 aliphatic carbocycles. The third-order valence-corrected chi connectivity index (χ3v) is 4.16. The van der Waals surface area contributed by atoms with E-state index >= 15 is 0 Å². The predicted octanol–water partition coefficient (Wildman–Crippen LogP) is 3.92. The summed E-state index contributed by atoms with van der Waals surface area (Å²) in [7, 11) is 0. The van der Waals surface area contributed by atoms with Crippen molar-refractivity contribution in [3.63, 3.8) is 0 Å². The number of fused-ring (bicyclic) bond motifs is 1. The second-order valence-corrected chi connectivity index (χ2v) is 7.35. The number of nitrogens with zero attached hydrogens (tertiary/aromatic N) is 1. The Morgan fingerprint density at radius 3 is 2.92 bits per heavy atom. The van der Waals surface area contributed by atoms with E-state index in [2.05, 4.69) is 11.4 Å². The fourth-order valence-electron chi connectivity index (χ4n) is 3.09. The number of nitrogens with one attached hydrogen (secondary N) is 1. The average Bonchev–Trinajstić information content (AvgIpc) is 3.11. The van der Waals surface area contributed by atoms with E-state index in [1.165, 1.54) is 0 Å². The highest BCUT2D eigenvalue weighted by Crippen LogP contribution is 2.21. The van der Waals surface area contributed by atoms with Crippen LogP contribution in [0.2, 0.25) is 0 Å². The van der Waals surface area contributed by atoms with Gasteiger partial charge in [-0.1, -0.05) is 18.2 Å². The Morgan fingerprint density at radius 1 is 1.38 bits per heavy atom. The molecule has 1 saturated heterocycles. The van der Waals surface area contributed by atoms with Crippen LogP contribution in [0.5, 0.6) is 0 Å². The number of para-hydroxylation sites is 1. The summed E-state index contributed by atoms with van der Waals surface area (Å²) in [4.78, 5) is 14.1. The molecule has 5 heteroatoms. The Bertz CT molecular complexity index is 669. The highest BCUT2D eigenvalue weighted by molar-refractivity contribution is 5.77. The van der Waals surface area contributed by atoms with Gasteiger partial charge in [0, 0.05) is 24.5 Å². The van der Waals surface area contributed by atoms with Gasteiger partial charge in [0.25, 0.3) is 0 Å². The van der Waals surface area contributed by atoms with E-state index in [4.69, 9.17) is 9.15 Å². The molecule has 3 rings (SSSR count). The number of hydrogen-bond donors (Lipinski definition) is 1. The Labute approximate surface area is 143 Å². The minimum absolute atomic E-state index is 0.184. The summed E-state index contributed by atoms with van der Waals surface area (Å²) >= 11 is 0. The fraction of sp³-hybridized carbons (Fsp3) is 0.526. The Kier molecular flexibility index (Phi) is 4.81. The van der Waals surface area contributed by atoms with Gasteiger partial charge in [0.2, 0.25) is 0 Å². The first-order valence-corrected chi connectivity index (χ1v) is 8.60. The largest absolute Gasteiger partial charge is 0.460 e. The predicted molar refractivity (Wildman–Crippen MR) is 93.9 cm³/mol.